The van der Waals surface area contributed by atoms with E-state index < -0.39 is 0 Å². The van der Waals surface area contributed by atoms with Gasteiger partial charge in [0.1, 0.15) is 0 Å². The van der Waals surface area contributed by atoms with E-state index in [0.29, 0.717) is 0 Å². The summed E-state index contributed by atoms with van der Waals surface area (Å²) in [7, 11) is 0. The van der Waals surface area contributed by atoms with Gasteiger partial charge in [0.05, 0.1) is 0 Å². The fourth-order valence-corrected chi connectivity index (χ4v) is 2.95. The summed E-state index contributed by atoms with van der Waals surface area (Å²) in [4.78, 5) is 0. The standard InChI is InChI=1S/C20H39NO2/c21-17-13-10-8-6-4-2-1-3-5-7-9-11-14-18-22-20-16-12-15-19-23-20/h4,6,20H,1-3,5,7-19,21H2/b6-4-. The zero-order valence-electron chi connectivity index (χ0n) is 15.1. The monoisotopic (exact) mass is 325 g/mol. The van der Waals surface area contributed by atoms with Crippen molar-refractivity contribution >= 4 is 0 Å². The highest BCUT2D eigenvalue weighted by atomic mass is 16.7. The molecule has 0 aliphatic carbocycles. The molecule has 1 saturated heterocycles. The van der Waals surface area contributed by atoms with E-state index in [0.717, 1.165) is 32.6 Å². The van der Waals surface area contributed by atoms with Crippen LogP contribution in [0.5, 0.6) is 0 Å². The molecule has 1 unspecified atom stereocenters. The van der Waals surface area contributed by atoms with Crippen LogP contribution in [0.15, 0.2) is 12.2 Å². The SMILES string of the molecule is NCCCC/C=C\CCCCCCCCCOC1CCCCO1. The Balaban J connectivity index is 1.71. The number of rotatable bonds is 15. The van der Waals surface area contributed by atoms with E-state index in [-0.39, 0.29) is 6.29 Å². The highest BCUT2D eigenvalue weighted by Crippen LogP contribution is 2.15. The molecule has 1 fully saturated rings. The van der Waals surface area contributed by atoms with Crippen LogP contribution in [0.25, 0.3) is 0 Å². The van der Waals surface area contributed by atoms with Crippen molar-refractivity contribution in [3.05, 3.63) is 12.2 Å². The van der Waals surface area contributed by atoms with Crippen molar-refractivity contribution in [1.82, 2.24) is 0 Å². The van der Waals surface area contributed by atoms with E-state index in [1.807, 2.05) is 0 Å². The summed E-state index contributed by atoms with van der Waals surface area (Å²) >= 11 is 0. The molecule has 1 rings (SSSR count). The van der Waals surface area contributed by atoms with Gasteiger partial charge >= 0.3 is 0 Å². The van der Waals surface area contributed by atoms with E-state index in [1.165, 1.54) is 77.0 Å². The topological polar surface area (TPSA) is 44.5 Å². The minimum atomic E-state index is 0.0899. The smallest absolute Gasteiger partial charge is 0.157 e. The third kappa shape index (κ3) is 13.7. The molecule has 23 heavy (non-hydrogen) atoms. The lowest BCUT2D eigenvalue weighted by atomic mass is 10.1. The Labute approximate surface area is 144 Å². The molecule has 0 radical (unpaired) electrons. The second kappa shape index (κ2) is 16.5. The lowest BCUT2D eigenvalue weighted by molar-refractivity contribution is -0.162. The van der Waals surface area contributed by atoms with Crippen LogP contribution in [-0.2, 0) is 9.47 Å². The van der Waals surface area contributed by atoms with Gasteiger partial charge in [-0.3, -0.25) is 0 Å². The Hall–Kier alpha value is -0.380. The third-order valence-corrected chi connectivity index (χ3v) is 4.45. The van der Waals surface area contributed by atoms with Crippen molar-refractivity contribution < 1.29 is 9.47 Å². The largest absolute Gasteiger partial charge is 0.353 e. The molecule has 2 N–H and O–H groups in total. The van der Waals surface area contributed by atoms with Crippen molar-refractivity contribution in [2.24, 2.45) is 5.73 Å². The van der Waals surface area contributed by atoms with Gasteiger partial charge in [-0.2, -0.15) is 0 Å². The molecule has 0 bridgehead atoms. The number of ether oxygens (including phenoxy) is 2. The van der Waals surface area contributed by atoms with Gasteiger partial charge in [-0.25, -0.2) is 0 Å². The zero-order valence-corrected chi connectivity index (χ0v) is 15.1. The van der Waals surface area contributed by atoms with Gasteiger partial charge in [0.25, 0.3) is 0 Å². The Morgan fingerprint density at radius 3 is 2.13 bits per heavy atom. The average Bonchev–Trinajstić information content (AvgIpc) is 2.59. The highest BCUT2D eigenvalue weighted by Gasteiger charge is 2.13. The molecule has 1 heterocycles. The summed E-state index contributed by atoms with van der Waals surface area (Å²) in [5.74, 6) is 0. The average molecular weight is 326 g/mol. The first kappa shape index (κ1) is 20.7. The molecule has 1 aliphatic rings. The van der Waals surface area contributed by atoms with Crippen LogP contribution in [0.3, 0.4) is 0 Å². The van der Waals surface area contributed by atoms with Crippen LogP contribution in [0.2, 0.25) is 0 Å². The van der Waals surface area contributed by atoms with Crippen molar-refractivity contribution in [3.63, 3.8) is 0 Å². The Morgan fingerprint density at radius 2 is 1.48 bits per heavy atom. The van der Waals surface area contributed by atoms with Crippen LogP contribution < -0.4 is 5.73 Å². The summed E-state index contributed by atoms with van der Waals surface area (Å²) in [6, 6.07) is 0. The summed E-state index contributed by atoms with van der Waals surface area (Å²) < 4.78 is 11.3. The molecule has 0 saturated carbocycles. The Bertz CT molecular complexity index is 262. The number of hydrogen-bond acceptors (Lipinski definition) is 3. The van der Waals surface area contributed by atoms with E-state index >= 15 is 0 Å². The Kier molecular flexibility index (Phi) is 14.8. The molecular formula is C20H39NO2. The summed E-state index contributed by atoms with van der Waals surface area (Å²) in [5.41, 5.74) is 5.47. The molecule has 3 nitrogen and oxygen atoms in total. The zero-order chi connectivity index (χ0) is 16.4. The highest BCUT2D eigenvalue weighted by molar-refractivity contribution is 4.81. The summed E-state index contributed by atoms with van der Waals surface area (Å²) in [6.45, 7) is 2.58. The minimum absolute atomic E-state index is 0.0899. The van der Waals surface area contributed by atoms with E-state index in [4.69, 9.17) is 15.2 Å². The van der Waals surface area contributed by atoms with Crippen LogP contribution in [0.1, 0.15) is 89.9 Å². The van der Waals surface area contributed by atoms with Crippen LogP contribution in [0.4, 0.5) is 0 Å². The predicted molar refractivity (Wildman–Crippen MR) is 98.5 cm³/mol. The van der Waals surface area contributed by atoms with Crippen molar-refractivity contribution in [2.45, 2.75) is 96.2 Å². The maximum atomic E-state index is 5.75. The molecule has 0 amide bonds. The van der Waals surface area contributed by atoms with E-state index in [1.54, 1.807) is 0 Å². The van der Waals surface area contributed by atoms with Gasteiger partial charge in [0.2, 0.25) is 0 Å². The molecule has 0 aromatic carbocycles. The molecule has 1 atom stereocenters. The summed E-state index contributed by atoms with van der Waals surface area (Å²) in [5, 5.41) is 0. The molecule has 136 valence electrons. The first-order valence-corrected chi connectivity index (χ1v) is 10.0. The van der Waals surface area contributed by atoms with Gasteiger partial charge in [-0.15, -0.1) is 0 Å². The number of unbranched alkanes of at least 4 members (excludes halogenated alkanes) is 9. The quantitative estimate of drug-likeness (QED) is 0.327. The fraction of sp³-hybridized carbons (Fsp3) is 0.900. The van der Waals surface area contributed by atoms with Gasteiger partial charge in [0.15, 0.2) is 6.29 Å². The van der Waals surface area contributed by atoms with Gasteiger partial charge in [-0.1, -0.05) is 44.3 Å². The fourth-order valence-electron chi connectivity index (χ4n) is 2.95. The molecule has 0 aromatic rings. The second-order valence-corrected chi connectivity index (χ2v) is 6.69. The van der Waals surface area contributed by atoms with Gasteiger partial charge in [0, 0.05) is 13.2 Å². The molecular weight excluding hydrogens is 286 g/mol. The number of allylic oxidation sites excluding steroid dienone is 2. The van der Waals surface area contributed by atoms with Gasteiger partial charge in [-0.05, 0) is 64.3 Å². The minimum Gasteiger partial charge on any atom is -0.353 e. The van der Waals surface area contributed by atoms with Crippen LogP contribution in [-0.4, -0.2) is 26.0 Å². The van der Waals surface area contributed by atoms with Crippen LogP contribution in [0, 0.1) is 0 Å². The first-order chi connectivity index (χ1) is 11.4. The third-order valence-electron chi connectivity index (χ3n) is 4.45. The van der Waals surface area contributed by atoms with E-state index in [9.17, 15) is 0 Å². The number of nitrogens with two attached hydrogens (primary N) is 1. The lowest BCUT2D eigenvalue weighted by Crippen LogP contribution is -2.22. The van der Waals surface area contributed by atoms with Crippen LogP contribution >= 0.6 is 0 Å². The van der Waals surface area contributed by atoms with E-state index in [2.05, 4.69) is 12.2 Å². The Morgan fingerprint density at radius 1 is 0.826 bits per heavy atom. The van der Waals surface area contributed by atoms with Crippen molar-refractivity contribution in [2.75, 3.05) is 19.8 Å². The lowest BCUT2D eigenvalue weighted by Gasteiger charge is -2.22. The molecule has 3 heteroatoms. The first-order valence-electron chi connectivity index (χ1n) is 10.0. The maximum absolute atomic E-state index is 5.75. The predicted octanol–water partition coefficient (Wildman–Crippen LogP) is 5.34. The summed E-state index contributed by atoms with van der Waals surface area (Å²) in [6.07, 6.45) is 22.5. The number of hydrogen-bond donors (Lipinski definition) is 1. The van der Waals surface area contributed by atoms with Crippen molar-refractivity contribution in [3.8, 4) is 0 Å². The molecule has 0 aromatic heterocycles. The molecule has 1 aliphatic heterocycles. The van der Waals surface area contributed by atoms with Gasteiger partial charge < -0.3 is 15.2 Å². The normalized spacial score (nSPS) is 18.7. The van der Waals surface area contributed by atoms with Crippen molar-refractivity contribution in [1.29, 1.82) is 0 Å². The maximum Gasteiger partial charge on any atom is 0.157 e. The molecule has 0 spiro atoms. The second-order valence-electron chi connectivity index (χ2n) is 6.69.